The average molecular weight is 115 g/mol. The molecule has 0 spiro atoms. The van der Waals surface area contributed by atoms with Gasteiger partial charge in [0, 0.05) is 13.6 Å². The summed E-state index contributed by atoms with van der Waals surface area (Å²) >= 11 is 0. The molecule has 0 aliphatic rings. The molecule has 0 aromatic heterocycles. The van der Waals surface area contributed by atoms with Gasteiger partial charge in [-0.1, -0.05) is 0 Å². The van der Waals surface area contributed by atoms with E-state index in [0.29, 0.717) is 0 Å². The van der Waals surface area contributed by atoms with Gasteiger partial charge in [-0.05, 0) is 13.8 Å². The minimum atomic E-state index is 0.926. The molecule has 0 unspecified atom stereocenters. The van der Waals surface area contributed by atoms with Crippen LogP contribution < -0.4 is 10.7 Å². The lowest BCUT2D eigenvalue weighted by Gasteiger charge is -1.98. The fourth-order valence-electron chi connectivity index (χ4n) is 0.463. The number of rotatable bonds is 2. The molecule has 0 saturated carbocycles. The van der Waals surface area contributed by atoms with Crippen LogP contribution in [0.5, 0.6) is 0 Å². The van der Waals surface area contributed by atoms with Crippen molar-refractivity contribution in [3.05, 3.63) is 0 Å². The Bertz CT molecular complexity index is 77.7. The highest BCUT2D eigenvalue weighted by Gasteiger charge is 1.80. The third kappa shape index (κ3) is 3.46. The molecule has 0 saturated heterocycles. The molecule has 48 valence electrons. The van der Waals surface area contributed by atoms with E-state index in [0.717, 1.165) is 12.4 Å². The van der Waals surface area contributed by atoms with Crippen LogP contribution in [0, 0.1) is 0 Å². The molecule has 0 aliphatic heterocycles. The van der Waals surface area contributed by atoms with Gasteiger partial charge in [0.15, 0.2) is 0 Å². The monoisotopic (exact) mass is 115 g/mol. The van der Waals surface area contributed by atoms with Gasteiger partial charge in [-0.2, -0.15) is 5.10 Å². The van der Waals surface area contributed by atoms with Crippen molar-refractivity contribution >= 4 is 5.84 Å². The maximum absolute atomic E-state index is 3.87. The number of hydrogen-bond donors (Lipinski definition) is 2. The second kappa shape index (κ2) is 4.43. The predicted octanol–water partition coefficient (Wildman–Crippen LogP) is 0.149. The molecule has 0 amide bonds. The van der Waals surface area contributed by atoms with E-state index in [1.165, 1.54) is 0 Å². The molecule has 2 N–H and O–H groups in total. The van der Waals surface area contributed by atoms with Crippen molar-refractivity contribution < 1.29 is 0 Å². The van der Waals surface area contributed by atoms with E-state index in [-0.39, 0.29) is 0 Å². The Hall–Kier alpha value is -0.730. The maximum atomic E-state index is 3.87. The summed E-state index contributed by atoms with van der Waals surface area (Å²) in [6.07, 6.45) is 0. The lowest BCUT2D eigenvalue weighted by Crippen LogP contribution is -2.21. The van der Waals surface area contributed by atoms with Crippen LogP contribution in [0.15, 0.2) is 5.10 Å². The van der Waals surface area contributed by atoms with Gasteiger partial charge in [-0.15, -0.1) is 0 Å². The normalized spacial score (nSPS) is 11.1. The maximum Gasteiger partial charge on any atom is 0.119 e. The average Bonchev–Trinajstić information content (AvgIpc) is 1.68. The lowest BCUT2D eigenvalue weighted by molar-refractivity contribution is 0.859. The van der Waals surface area contributed by atoms with E-state index < -0.39 is 0 Å². The molecule has 0 rings (SSSR count). The summed E-state index contributed by atoms with van der Waals surface area (Å²) in [6.45, 7) is 4.88. The van der Waals surface area contributed by atoms with Crippen molar-refractivity contribution in [1.29, 1.82) is 0 Å². The van der Waals surface area contributed by atoms with Gasteiger partial charge in [0.25, 0.3) is 0 Å². The molecule has 0 bridgehead atoms. The Labute approximate surface area is 50.2 Å². The smallest absolute Gasteiger partial charge is 0.119 e. The van der Waals surface area contributed by atoms with E-state index in [4.69, 9.17) is 0 Å². The van der Waals surface area contributed by atoms with Gasteiger partial charge in [-0.3, -0.25) is 0 Å². The van der Waals surface area contributed by atoms with Crippen LogP contribution in [0.2, 0.25) is 0 Å². The number of amidine groups is 1. The fourth-order valence-corrected chi connectivity index (χ4v) is 0.463. The first kappa shape index (κ1) is 7.27. The van der Waals surface area contributed by atoms with E-state index in [1.54, 1.807) is 7.05 Å². The third-order valence-electron chi connectivity index (χ3n) is 0.712. The number of hydrogen-bond acceptors (Lipinski definition) is 2. The highest BCUT2D eigenvalue weighted by Crippen LogP contribution is 1.64. The van der Waals surface area contributed by atoms with Crippen LogP contribution in [0.25, 0.3) is 0 Å². The van der Waals surface area contributed by atoms with E-state index >= 15 is 0 Å². The van der Waals surface area contributed by atoms with Gasteiger partial charge in [0.2, 0.25) is 0 Å². The molecule has 0 aliphatic carbocycles. The molecule has 0 aromatic carbocycles. The first-order valence-corrected chi connectivity index (χ1v) is 2.76. The Kier molecular flexibility index (Phi) is 4.03. The molecule has 3 heteroatoms. The second-order valence-electron chi connectivity index (χ2n) is 1.45. The minimum Gasteiger partial charge on any atom is -0.373 e. The third-order valence-corrected chi connectivity index (χ3v) is 0.712. The first-order chi connectivity index (χ1) is 3.81. The Balaban J connectivity index is 3.29. The molecular weight excluding hydrogens is 102 g/mol. The summed E-state index contributed by atoms with van der Waals surface area (Å²) in [4.78, 5) is 0. The molecular formula is C5H13N3. The van der Waals surface area contributed by atoms with E-state index in [2.05, 4.69) is 15.8 Å². The number of nitrogens with zero attached hydrogens (tertiary/aromatic N) is 1. The predicted molar refractivity (Wildman–Crippen MR) is 35.8 cm³/mol. The zero-order valence-electron chi connectivity index (χ0n) is 5.65. The fraction of sp³-hybridized carbons (Fsp3) is 0.800. The largest absolute Gasteiger partial charge is 0.373 e. The van der Waals surface area contributed by atoms with Crippen LogP contribution in [-0.4, -0.2) is 19.4 Å². The van der Waals surface area contributed by atoms with Crippen LogP contribution in [0.3, 0.4) is 0 Å². The molecule has 3 nitrogen and oxygen atoms in total. The van der Waals surface area contributed by atoms with Gasteiger partial charge in [0.1, 0.15) is 5.84 Å². The quantitative estimate of drug-likeness (QED) is 0.305. The van der Waals surface area contributed by atoms with Gasteiger partial charge in [0.05, 0.1) is 0 Å². The van der Waals surface area contributed by atoms with Crippen molar-refractivity contribution in [3.63, 3.8) is 0 Å². The van der Waals surface area contributed by atoms with Crippen molar-refractivity contribution in [2.24, 2.45) is 5.10 Å². The summed E-state index contributed by atoms with van der Waals surface area (Å²) < 4.78 is 0. The lowest BCUT2D eigenvalue weighted by atomic mass is 10.6. The minimum absolute atomic E-state index is 0.926. The van der Waals surface area contributed by atoms with Gasteiger partial charge >= 0.3 is 0 Å². The Morgan fingerprint density at radius 2 is 2.25 bits per heavy atom. The molecule has 8 heavy (non-hydrogen) atoms. The molecule has 0 atom stereocenters. The van der Waals surface area contributed by atoms with Crippen LogP contribution >= 0.6 is 0 Å². The summed E-state index contributed by atoms with van der Waals surface area (Å²) in [5.41, 5.74) is 2.68. The number of nitrogens with one attached hydrogen (secondary N) is 2. The first-order valence-electron chi connectivity index (χ1n) is 2.76. The standard InChI is InChI=1S/C5H13N3/c1-4-7-5(2)8-6-3/h6H,4H2,1-3H3,(H,7,8). The zero-order valence-corrected chi connectivity index (χ0v) is 5.65. The summed E-state index contributed by atoms with van der Waals surface area (Å²) in [7, 11) is 1.78. The highest BCUT2D eigenvalue weighted by atomic mass is 15.3. The molecule has 0 radical (unpaired) electrons. The van der Waals surface area contributed by atoms with E-state index in [1.807, 2.05) is 13.8 Å². The topological polar surface area (TPSA) is 36.4 Å². The Morgan fingerprint density at radius 1 is 1.62 bits per heavy atom. The van der Waals surface area contributed by atoms with Crippen LogP contribution in [-0.2, 0) is 0 Å². The highest BCUT2D eigenvalue weighted by molar-refractivity contribution is 5.78. The van der Waals surface area contributed by atoms with Crippen molar-refractivity contribution in [2.75, 3.05) is 13.6 Å². The zero-order chi connectivity index (χ0) is 6.41. The van der Waals surface area contributed by atoms with Gasteiger partial charge in [-0.25, -0.2) is 0 Å². The summed E-state index contributed by atoms with van der Waals surface area (Å²) in [5, 5.41) is 6.90. The summed E-state index contributed by atoms with van der Waals surface area (Å²) in [5.74, 6) is 0.926. The SMILES string of the molecule is CCN/C(C)=N\NC. The van der Waals surface area contributed by atoms with Gasteiger partial charge < -0.3 is 10.7 Å². The van der Waals surface area contributed by atoms with E-state index in [9.17, 15) is 0 Å². The second-order valence-corrected chi connectivity index (χ2v) is 1.45. The van der Waals surface area contributed by atoms with Crippen molar-refractivity contribution in [3.8, 4) is 0 Å². The van der Waals surface area contributed by atoms with Crippen LogP contribution in [0.1, 0.15) is 13.8 Å². The van der Waals surface area contributed by atoms with Crippen molar-refractivity contribution in [1.82, 2.24) is 10.7 Å². The molecule has 0 aromatic rings. The molecule has 0 heterocycles. The van der Waals surface area contributed by atoms with Crippen molar-refractivity contribution in [2.45, 2.75) is 13.8 Å². The number of hydrazone groups is 1. The van der Waals surface area contributed by atoms with Crippen LogP contribution in [0.4, 0.5) is 0 Å². The molecule has 0 fully saturated rings. The summed E-state index contributed by atoms with van der Waals surface area (Å²) in [6, 6.07) is 0. The Morgan fingerprint density at radius 3 is 2.62 bits per heavy atom.